The molecule has 0 saturated carbocycles. The molecule has 1 aromatic heterocycles. The summed E-state index contributed by atoms with van der Waals surface area (Å²) in [5.41, 5.74) is 7.82. The zero-order valence-corrected chi connectivity index (χ0v) is 18.4. The molecule has 156 valence electrons. The Morgan fingerprint density at radius 2 is 1.83 bits per heavy atom. The number of thioether (sulfide) groups is 1. The molecule has 0 aliphatic carbocycles. The molecular formula is C23H27N5OS. The van der Waals surface area contributed by atoms with Gasteiger partial charge in [0.15, 0.2) is 5.82 Å². The van der Waals surface area contributed by atoms with E-state index in [4.69, 9.17) is 0 Å². The number of hydrogen-bond acceptors (Lipinski definition) is 5. The summed E-state index contributed by atoms with van der Waals surface area (Å²) in [6.07, 6.45) is 2.79. The van der Waals surface area contributed by atoms with Gasteiger partial charge in [-0.25, -0.2) is 4.68 Å². The van der Waals surface area contributed by atoms with Crippen LogP contribution in [0.5, 0.6) is 0 Å². The van der Waals surface area contributed by atoms with Gasteiger partial charge in [0.2, 0.25) is 11.1 Å². The summed E-state index contributed by atoms with van der Waals surface area (Å²) in [5.74, 6) is 0.847. The first-order valence-electron chi connectivity index (χ1n) is 10.4. The van der Waals surface area contributed by atoms with E-state index >= 15 is 0 Å². The zero-order valence-electron chi connectivity index (χ0n) is 17.6. The van der Waals surface area contributed by atoms with Gasteiger partial charge in [-0.3, -0.25) is 4.79 Å². The van der Waals surface area contributed by atoms with Gasteiger partial charge in [0.25, 0.3) is 0 Å². The number of aromatic nitrogens is 3. The van der Waals surface area contributed by atoms with Crippen molar-refractivity contribution >= 4 is 23.4 Å². The lowest BCUT2D eigenvalue weighted by Gasteiger charge is -2.33. The first-order chi connectivity index (χ1) is 14.6. The van der Waals surface area contributed by atoms with Crippen molar-refractivity contribution in [3.05, 3.63) is 71.0 Å². The third kappa shape index (κ3) is 4.21. The Balaban J connectivity index is 1.63. The normalized spacial score (nSPS) is 17.8. The first kappa shape index (κ1) is 20.5. The molecule has 3 aromatic rings. The fourth-order valence-corrected chi connectivity index (χ4v) is 4.64. The van der Waals surface area contributed by atoms with Crippen molar-refractivity contribution in [3.63, 3.8) is 0 Å². The molecule has 6 nitrogen and oxygen atoms in total. The number of benzene rings is 2. The van der Waals surface area contributed by atoms with Crippen molar-refractivity contribution < 1.29 is 4.79 Å². The standard InChI is InChI=1S/C23H27N5OS/c1-4-6-19-25-26-23-28(19)27-20(17-11-7-15(3)8-12-17)21(30-23)22(29)24-18-13-9-16(5-2)10-14-18/h7-14,20-21,27H,4-6H2,1-3H3,(H,24,29). The zero-order chi connectivity index (χ0) is 21.1. The van der Waals surface area contributed by atoms with Gasteiger partial charge < -0.3 is 10.7 Å². The van der Waals surface area contributed by atoms with Gasteiger partial charge in [-0.05, 0) is 43.0 Å². The molecule has 2 N–H and O–H groups in total. The maximum Gasteiger partial charge on any atom is 0.240 e. The minimum absolute atomic E-state index is 0.0476. The van der Waals surface area contributed by atoms with E-state index in [0.717, 1.165) is 41.5 Å². The molecule has 1 aliphatic heterocycles. The highest BCUT2D eigenvalue weighted by molar-refractivity contribution is 8.00. The average molecular weight is 422 g/mol. The fourth-order valence-electron chi connectivity index (χ4n) is 3.55. The van der Waals surface area contributed by atoms with Crippen LogP contribution in [0.2, 0.25) is 0 Å². The van der Waals surface area contributed by atoms with Gasteiger partial charge in [-0.15, -0.1) is 10.2 Å². The van der Waals surface area contributed by atoms with Crippen LogP contribution in [0.4, 0.5) is 5.69 Å². The second kappa shape index (κ2) is 8.92. The van der Waals surface area contributed by atoms with Crippen LogP contribution < -0.4 is 10.7 Å². The van der Waals surface area contributed by atoms with Crippen molar-refractivity contribution in [3.8, 4) is 0 Å². The topological polar surface area (TPSA) is 71.8 Å². The lowest BCUT2D eigenvalue weighted by Crippen LogP contribution is -2.41. The second-order valence-corrected chi connectivity index (χ2v) is 8.69. The molecule has 7 heteroatoms. The first-order valence-corrected chi connectivity index (χ1v) is 11.3. The van der Waals surface area contributed by atoms with E-state index < -0.39 is 0 Å². The van der Waals surface area contributed by atoms with Crippen LogP contribution in [0, 0.1) is 6.92 Å². The van der Waals surface area contributed by atoms with Gasteiger partial charge in [0.1, 0.15) is 5.25 Å². The van der Waals surface area contributed by atoms with E-state index in [1.165, 1.54) is 22.9 Å². The molecule has 2 unspecified atom stereocenters. The highest BCUT2D eigenvalue weighted by Crippen LogP contribution is 2.37. The highest BCUT2D eigenvalue weighted by atomic mass is 32.2. The van der Waals surface area contributed by atoms with Gasteiger partial charge in [0, 0.05) is 12.1 Å². The number of carbonyl (C=O) groups is 1. The molecule has 1 aliphatic rings. The van der Waals surface area contributed by atoms with Crippen LogP contribution in [-0.2, 0) is 17.6 Å². The second-order valence-electron chi connectivity index (χ2n) is 7.58. The van der Waals surface area contributed by atoms with Gasteiger partial charge in [-0.2, -0.15) is 0 Å². The Labute approximate surface area is 181 Å². The van der Waals surface area contributed by atoms with Gasteiger partial charge in [-0.1, -0.05) is 67.6 Å². The largest absolute Gasteiger partial charge is 0.325 e. The Bertz CT molecular complexity index is 1010. The summed E-state index contributed by atoms with van der Waals surface area (Å²) in [5, 5.41) is 12.1. The van der Waals surface area contributed by atoms with Crippen LogP contribution >= 0.6 is 11.8 Å². The molecular weight excluding hydrogens is 394 g/mol. The molecule has 0 spiro atoms. The lowest BCUT2D eigenvalue weighted by molar-refractivity contribution is -0.116. The third-order valence-corrected chi connectivity index (χ3v) is 6.52. The molecule has 2 atom stereocenters. The van der Waals surface area contributed by atoms with E-state index in [9.17, 15) is 4.79 Å². The van der Waals surface area contributed by atoms with Crippen LogP contribution in [0.15, 0.2) is 53.7 Å². The fraction of sp³-hybridized carbons (Fsp3) is 0.348. The molecule has 30 heavy (non-hydrogen) atoms. The summed E-state index contributed by atoms with van der Waals surface area (Å²) in [6.45, 7) is 6.30. The summed E-state index contributed by atoms with van der Waals surface area (Å²) in [6, 6.07) is 16.1. The van der Waals surface area contributed by atoms with Crippen molar-refractivity contribution in [2.45, 2.75) is 56.5 Å². The van der Waals surface area contributed by atoms with Crippen LogP contribution in [0.1, 0.15) is 48.8 Å². The van der Waals surface area contributed by atoms with Crippen molar-refractivity contribution in [2.75, 3.05) is 10.7 Å². The van der Waals surface area contributed by atoms with Gasteiger partial charge >= 0.3 is 0 Å². The predicted octanol–water partition coefficient (Wildman–Crippen LogP) is 4.50. The van der Waals surface area contributed by atoms with E-state index in [1.807, 2.05) is 28.9 Å². The summed E-state index contributed by atoms with van der Waals surface area (Å²) in [7, 11) is 0. The number of fused-ring (bicyclic) bond motifs is 1. The van der Waals surface area contributed by atoms with Crippen molar-refractivity contribution in [2.24, 2.45) is 0 Å². The highest BCUT2D eigenvalue weighted by Gasteiger charge is 2.37. The SMILES string of the molecule is CCCc1nnc2n1NC(c1ccc(C)cc1)C(C(=O)Nc1ccc(CC)cc1)S2. The maximum absolute atomic E-state index is 13.3. The molecule has 4 rings (SSSR count). The van der Waals surface area contributed by atoms with Crippen LogP contribution in [0.3, 0.4) is 0 Å². The minimum Gasteiger partial charge on any atom is -0.325 e. The third-order valence-electron chi connectivity index (χ3n) is 5.30. The smallest absolute Gasteiger partial charge is 0.240 e. The number of amides is 1. The monoisotopic (exact) mass is 421 g/mol. The Morgan fingerprint density at radius 1 is 1.10 bits per heavy atom. The molecule has 0 fully saturated rings. The van der Waals surface area contributed by atoms with Crippen LogP contribution in [-0.4, -0.2) is 26.0 Å². The molecule has 0 bridgehead atoms. The Morgan fingerprint density at radius 3 is 2.50 bits per heavy atom. The Kier molecular flexibility index (Phi) is 6.08. The maximum atomic E-state index is 13.3. The molecule has 0 saturated heterocycles. The molecule has 1 amide bonds. The molecule has 2 heterocycles. The lowest BCUT2D eigenvalue weighted by atomic mass is 10.0. The number of aryl methyl sites for hydroxylation is 3. The summed E-state index contributed by atoms with van der Waals surface area (Å²) >= 11 is 1.46. The van der Waals surface area contributed by atoms with Gasteiger partial charge in [0.05, 0.1) is 6.04 Å². The van der Waals surface area contributed by atoms with E-state index in [2.05, 4.69) is 66.0 Å². The van der Waals surface area contributed by atoms with E-state index in [1.54, 1.807) is 0 Å². The molecule has 0 radical (unpaired) electrons. The number of anilines is 1. The van der Waals surface area contributed by atoms with Crippen molar-refractivity contribution in [1.82, 2.24) is 14.9 Å². The van der Waals surface area contributed by atoms with E-state index in [-0.39, 0.29) is 17.2 Å². The Hall–Kier alpha value is -2.80. The van der Waals surface area contributed by atoms with Crippen molar-refractivity contribution in [1.29, 1.82) is 0 Å². The predicted molar refractivity (Wildman–Crippen MR) is 121 cm³/mol. The number of rotatable bonds is 6. The summed E-state index contributed by atoms with van der Waals surface area (Å²) in [4.78, 5) is 13.3. The number of carbonyl (C=O) groups excluding carboxylic acids is 1. The quantitative estimate of drug-likeness (QED) is 0.613. The van der Waals surface area contributed by atoms with Crippen LogP contribution in [0.25, 0.3) is 0 Å². The average Bonchev–Trinajstić information content (AvgIpc) is 3.16. The minimum atomic E-state index is -0.371. The number of hydrogen-bond donors (Lipinski definition) is 2. The molecule has 2 aromatic carbocycles. The number of nitrogens with one attached hydrogen (secondary N) is 2. The van der Waals surface area contributed by atoms with E-state index in [0.29, 0.717) is 0 Å². The summed E-state index contributed by atoms with van der Waals surface area (Å²) < 4.78 is 1.94. The number of nitrogens with zero attached hydrogens (tertiary/aromatic N) is 3.